The normalized spacial score (nSPS) is 10.7. The minimum absolute atomic E-state index is 0.109. The lowest BCUT2D eigenvalue weighted by Gasteiger charge is -2.10. The largest absolute Gasteiger partial charge is 0.355 e. The van der Waals surface area contributed by atoms with Gasteiger partial charge in [0.05, 0.1) is 0 Å². The predicted octanol–water partition coefficient (Wildman–Crippen LogP) is 1.15. The molecule has 4 nitrogen and oxygen atoms in total. The fourth-order valence-electron chi connectivity index (χ4n) is 1.65. The van der Waals surface area contributed by atoms with Crippen LogP contribution in [0.5, 0.6) is 0 Å². The minimum Gasteiger partial charge on any atom is -0.355 e. The molecule has 0 aromatic heterocycles. The van der Waals surface area contributed by atoms with Gasteiger partial charge in [-0.3, -0.25) is 4.79 Å². The summed E-state index contributed by atoms with van der Waals surface area (Å²) in [7, 11) is 3.99. The molecule has 1 aromatic carbocycles. The van der Waals surface area contributed by atoms with Gasteiger partial charge in [0.15, 0.2) is 0 Å². The molecule has 0 aliphatic carbocycles. The summed E-state index contributed by atoms with van der Waals surface area (Å²) >= 11 is 0. The van der Waals surface area contributed by atoms with E-state index in [1.165, 1.54) is 11.1 Å². The Kier molecular flexibility index (Phi) is 7.15. The molecular weight excluding hydrogens is 238 g/mol. The number of nitrogens with one attached hydrogen (secondary N) is 2. The molecule has 1 amide bonds. The van der Waals surface area contributed by atoms with Gasteiger partial charge in [-0.25, -0.2) is 0 Å². The average Bonchev–Trinajstić information content (AvgIpc) is 2.36. The van der Waals surface area contributed by atoms with Gasteiger partial charge in [-0.05, 0) is 26.6 Å². The number of nitrogens with zero attached hydrogens (tertiary/aromatic N) is 1. The summed E-state index contributed by atoms with van der Waals surface area (Å²) in [6.45, 7) is 5.19. The van der Waals surface area contributed by atoms with Crippen LogP contribution in [0, 0.1) is 6.92 Å². The van der Waals surface area contributed by atoms with E-state index >= 15 is 0 Å². The van der Waals surface area contributed by atoms with Crippen LogP contribution in [0.1, 0.15) is 17.5 Å². The molecular formula is C15H25N3O. The first-order valence-electron chi connectivity index (χ1n) is 6.75. The Morgan fingerprint density at radius 1 is 1.16 bits per heavy atom. The Morgan fingerprint density at radius 3 is 2.47 bits per heavy atom. The summed E-state index contributed by atoms with van der Waals surface area (Å²) < 4.78 is 0. The number of carbonyl (C=O) groups excluding carboxylic acids is 1. The van der Waals surface area contributed by atoms with Crippen molar-refractivity contribution in [2.45, 2.75) is 19.9 Å². The molecule has 106 valence electrons. The van der Waals surface area contributed by atoms with E-state index in [1.807, 2.05) is 14.1 Å². The first-order valence-corrected chi connectivity index (χ1v) is 6.75. The van der Waals surface area contributed by atoms with E-state index in [9.17, 15) is 4.79 Å². The summed E-state index contributed by atoms with van der Waals surface area (Å²) in [5, 5.41) is 6.18. The Hall–Kier alpha value is -1.39. The lowest BCUT2D eigenvalue weighted by atomic mass is 10.1. The van der Waals surface area contributed by atoms with Gasteiger partial charge in [0.2, 0.25) is 5.91 Å². The van der Waals surface area contributed by atoms with Crippen molar-refractivity contribution in [1.29, 1.82) is 0 Å². The van der Waals surface area contributed by atoms with Crippen molar-refractivity contribution in [3.63, 3.8) is 0 Å². The highest BCUT2D eigenvalue weighted by atomic mass is 16.1. The van der Waals surface area contributed by atoms with Gasteiger partial charge in [0.1, 0.15) is 0 Å². The standard InChI is InChI=1S/C15H25N3O/c1-13-4-6-14(7-5-13)12-16-9-8-15(19)17-10-11-18(2)3/h4-7,16H,8-12H2,1-3H3,(H,17,19). The molecule has 0 saturated heterocycles. The van der Waals surface area contributed by atoms with Crippen LogP contribution in [-0.4, -0.2) is 44.5 Å². The van der Waals surface area contributed by atoms with Crippen LogP contribution in [0.4, 0.5) is 0 Å². The number of hydrogen-bond donors (Lipinski definition) is 2. The van der Waals surface area contributed by atoms with E-state index in [0.29, 0.717) is 19.5 Å². The number of likely N-dealkylation sites (N-methyl/N-ethyl adjacent to an activating group) is 1. The number of rotatable bonds is 8. The molecule has 1 rings (SSSR count). The van der Waals surface area contributed by atoms with E-state index in [0.717, 1.165) is 13.1 Å². The van der Waals surface area contributed by atoms with Crippen molar-refractivity contribution in [1.82, 2.24) is 15.5 Å². The number of aryl methyl sites for hydroxylation is 1. The molecule has 0 heterocycles. The third kappa shape index (κ3) is 7.59. The Balaban J connectivity index is 2.07. The Bertz CT molecular complexity index is 373. The first kappa shape index (κ1) is 15.7. The van der Waals surface area contributed by atoms with Crippen LogP contribution in [0.25, 0.3) is 0 Å². The molecule has 0 atom stereocenters. The zero-order valence-corrected chi connectivity index (χ0v) is 12.2. The van der Waals surface area contributed by atoms with Crippen molar-refractivity contribution in [2.24, 2.45) is 0 Å². The fraction of sp³-hybridized carbons (Fsp3) is 0.533. The Morgan fingerprint density at radius 2 is 1.84 bits per heavy atom. The highest BCUT2D eigenvalue weighted by Gasteiger charge is 2.00. The second-order valence-electron chi connectivity index (χ2n) is 5.07. The topological polar surface area (TPSA) is 44.4 Å². The molecule has 0 spiro atoms. The third-order valence-corrected chi connectivity index (χ3v) is 2.86. The lowest BCUT2D eigenvalue weighted by Crippen LogP contribution is -2.33. The van der Waals surface area contributed by atoms with Gasteiger partial charge >= 0.3 is 0 Å². The minimum atomic E-state index is 0.109. The maximum absolute atomic E-state index is 11.5. The predicted molar refractivity (Wildman–Crippen MR) is 79.1 cm³/mol. The van der Waals surface area contributed by atoms with Crippen molar-refractivity contribution in [2.75, 3.05) is 33.7 Å². The maximum Gasteiger partial charge on any atom is 0.221 e. The summed E-state index contributed by atoms with van der Waals surface area (Å²) in [6.07, 6.45) is 0.527. The van der Waals surface area contributed by atoms with Gasteiger partial charge in [-0.15, -0.1) is 0 Å². The van der Waals surface area contributed by atoms with Crippen molar-refractivity contribution >= 4 is 5.91 Å². The molecule has 4 heteroatoms. The van der Waals surface area contributed by atoms with Crippen molar-refractivity contribution < 1.29 is 4.79 Å². The van der Waals surface area contributed by atoms with E-state index in [1.54, 1.807) is 0 Å². The first-order chi connectivity index (χ1) is 9.08. The SMILES string of the molecule is Cc1ccc(CNCCC(=O)NCCN(C)C)cc1. The van der Waals surface area contributed by atoms with E-state index in [-0.39, 0.29) is 5.91 Å². The van der Waals surface area contributed by atoms with Crippen LogP contribution >= 0.6 is 0 Å². The molecule has 0 radical (unpaired) electrons. The molecule has 0 bridgehead atoms. The van der Waals surface area contributed by atoms with Crippen LogP contribution in [0.15, 0.2) is 24.3 Å². The van der Waals surface area contributed by atoms with Crippen LogP contribution in [0.3, 0.4) is 0 Å². The maximum atomic E-state index is 11.5. The molecule has 0 aliphatic heterocycles. The molecule has 0 unspecified atom stereocenters. The van der Waals surface area contributed by atoms with E-state index < -0.39 is 0 Å². The van der Waals surface area contributed by atoms with Crippen molar-refractivity contribution in [3.05, 3.63) is 35.4 Å². The summed E-state index contributed by atoms with van der Waals surface area (Å²) in [5.41, 5.74) is 2.52. The fourth-order valence-corrected chi connectivity index (χ4v) is 1.65. The highest BCUT2D eigenvalue weighted by Crippen LogP contribution is 2.02. The van der Waals surface area contributed by atoms with Crippen molar-refractivity contribution in [3.8, 4) is 0 Å². The van der Waals surface area contributed by atoms with Gasteiger partial charge < -0.3 is 15.5 Å². The van der Waals surface area contributed by atoms with Gasteiger partial charge in [0.25, 0.3) is 0 Å². The Labute approximate surface area is 116 Å². The zero-order valence-electron chi connectivity index (χ0n) is 12.2. The molecule has 0 aliphatic rings. The third-order valence-electron chi connectivity index (χ3n) is 2.86. The average molecular weight is 263 g/mol. The van der Waals surface area contributed by atoms with Crippen LogP contribution in [-0.2, 0) is 11.3 Å². The second kappa shape index (κ2) is 8.67. The number of amides is 1. The number of carbonyl (C=O) groups is 1. The van der Waals surface area contributed by atoms with Gasteiger partial charge in [-0.1, -0.05) is 29.8 Å². The van der Waals surface area contributed by atoms with Gasteiger partial charge in [0, 0.05) is 32.6 Å². The summed E-state index contributed by atoms with van der Waals surface area (Å²) in [5.74, 6) is 0.109. The van der Waals surface area contributed by atoms with E-state index in [2.05, 4.69) is 46.7 Å². The van der Waals surface area contributed by atoms with Crippen LogP contribution < -0.4 is 10.6 Å². The molecule has 0 fully saturated rings. The van der Waals surface area contributed by atoms with Gasteiger partial charge in [-0.2, -0.15) is 0 Å². The lowest BCUT2D eigenvalue weighted by molar-refractivity contribution is -0.121. The van der Waals surface area contributed by atoms with E-state index in [4.69, 9.17) is 0 Å². The molecule has 2 N–H and O–H groups in total. The molecule has 1 aromatic rings. The number of benzene rings is 1. The second-order valence-corrected chi connectivity index (χ2v) is 5.07. The zero-order chi connectivity index (χ0) is 14.1. The highest BCUT2D eigenvalue weighted by molar-refractivity contribution is 5.76. The number of hydrogen-bond acceptors (Lipinski definition) is 3. The monoisotopic (exact) mass is 263 g/mol. The smallest absolute Gasteiger partial charge is 0.221 e. The molecule has 0 saturated carbocycles. The summed E-state index contributed by atoms with van der Waals surface area (Å²) in [4.78, 5) is 13.6. The van der Waals surface area contributed by atoms with Crippen LogP contribution in [0.2, 0.25) is 0 Å². The summed E-state index contributed by atoms with van der Waals surface area (Å²) in [6, 6.07) is 8.43. The quantitative estimate of drug-likeness (QED) is 0.692. The molecule has 19 heavy (non-hydrogen) atoms.